The maximum absolute atomic E-state index is 5.04. The second-order valence-electron chi connectivity index (χ2n) is 4.66. The number of aryl methyl sites for hydroxylation is 2. The molecule has 0 aliphatic rings. The maximum atomic E-state index is 5.04. The highest BCUT2D eigenvalue weighted by atomic mass is 16.5. The van der Waals surface area contributed by atoms with E-state index in [0.717, 1.165) is 25.4 Å². The van der Waals surface area contributed by atoms with E-state index in [4.69, 9.17) is 4.74 Å². The minimum atomic E-state index is 0.722. The van der Waals surface area contributed by atoms with Crippen molar-refractivity contribution in [2.45, 2.75) is 13.5 Å². The number of ether oxygens (including phenoxy) is 1. The highest BCUT2D eigenvalue weighted by Gasteiger charge is 2.11. The Morgan fingerprint density at radius 1 is 1.32 bits per heavy atom. The summed E-state index contributed by atoms with van der Waals surface area (Å²) in [4.78, 5) is 0. The van der Waals surface area contributed by atoms with Gasteiger partial charge in [-0.2, -0.15) is 5.10 Å². The van der Waals surface area contributed by atoms with Crippen LogP contribution in [0.3, 0.4) is 0 Å². The first-order chi connectivity index (χ1) is 9.22. The number of rotatable bonds is 6. The van der Waals surface area contributed by atoms with Gasteiger partial charge in [-0.05, 0) is 12.5 Å². The molecule has 4 heteroatoms. The lowest BCUT2D eigenvalue weighted by molar-refractivity contribution is 0.199. The number of hydrogen-bond acceptors (Lipinski definition) is 3. The van der Waals surface area contributed by atoms with Gasteiger partial charge in [0.1, 0.15) is 0 Å². The van der Waals surface area contributed by atoms with E-state index in [1.807, 2.05) is 11.7 Å². The SMILES string of the molecule is COCCNCc1cn(C)nc1-c1ccccc1C. The van der Waals surface area contributed by atoms with Crippen LogP contribution in [0.1, 0.15) is 11.1 Å². The van der Waals surface area contributed by atoms with Gasteiger partial charge in [-0.1, -0.05) is 24.3 Å². The van der Waals surface area contributed by atoms with Crippen molar-refractivity contribution in [3.05, 3.63) is 41.6 Å². The van der Waals surface area contributed by atoms with E-state index in [0.29, 0.717) is 0 Å². The van der Waals surface area contributed by atoms with E-state index < -0.39 is 0 Å². The summed E-state index contributed by atoms with van der Waals surface area (Å²) < 4.78 is 6.91. The van der Waals surface area contributed by atoms with Crippen LogP contribution < -0.4 is 5.32 Å². The summed E-state index contributed by atoms with van der Waals surface area (Å²) in [5.74, 6) is 0. The van der Waals surface area contributed by atoms with Crippen molar-refractivity contribution < 1.29 is 4.74 Å². The predicted octanol–water partition coefficient (Wildman–Crippen LogP) is 2.13. The van der Waals surface area contributed by atoms with Crippen molar-refractivity contribution in [2.75, 3.05) is 20.3 Å². The van der Waals surface area contributed by atoms with Gasteiger partial charge in [-0.15, -0.1) is 0 Å². The maximum Gasteiger partial charge on any atom is 0.0970 e. The van der Waals surface area contributed by atoms with Crippen LogP contribution in [0.25, 0.3) is 11.3 Å². The fraction of sp³-hybridized carbons (Fsp3) is 0.400. The van der Waals surface area contributed by atoms with Crippen LogP contribution >= 0.6 is 0 Å². The lowest BCUT2D eigenvalue weighted by Gasteiger charge is -2.06. The molecule has 0 unspecified atom stereocenters. The third kappa shape index (κ3) is 3.43. The zero-order chi connectivity index (χ0) is 13.7. The molecule has 0 aliphatic carbocycles. The van der Waals surface area contributed by atoms with E-state index in [-0.39, 0.29) is 0 Å². The molecule has 19 heavy (non-hydrogen) atoms. The molecule has 2 aromatic rings. The van der Waals surface area contributed by atoms with Gasteiger partial charge in [0, 0.05) is 44.6 Å². The molecule has 0 amide bonds. The molecular weight excluding hydrogens is 238 g/mol. The number of benzene rings is 1. The number of aromatic nitrogens is 2. The predicted molar refractivity (Wildman–Crippen MR) is 77.0 cm³/mol. The Bertz CT molecular complexity index is 534. The Labute approximate surface area is 114 Å². The van der Waals surface area contributed by atoms with Crippen LogP contribution in [-0.2, 0) is 18.3 Å². The zero-order valence-corrected chi connectivity index (χ0v) is 11.8. The van der Waals surface area contributed by atoms with Gasteiger partial charge in [0.2, 0.25) is 0 Å². The quantitative estimate of drug-likeness (QED) is 0.808. The lowest BCUT2D eigenvalue weighted by Crippen LogP contribution is -2.18. The van der Waals surface area contributed by atoms with Gasteiger partial charge in [-0.25, -0.2) is 0 Å². The summed E-state index contributed by atoms with van der Waals surface area (Å²) in [6, 6.07) is 8.35. The topological polar surface area (TPSA) is 39.1 Å². The second-order valence-corrected chi connectivity index (χ2v) is 4.66. The molecule has 4 nitrogen and oxygen atoms in total. The van der Waals surface area contributed by atoms with E-state index in [1.54, 1.807) is 7.11 Å². The van der Waals surface area contributed by atoms with Crippen LogP contribution in [0.2, 0.25) is 0 Å². The summed E-state index contributed by atoms with van der Waals surface area (Å²) in [6.45, 7) is 4.49. The number of nitrogens with one attached hydrogen (secondary N) is 1. The summed E-state index contributed by atoms with van der Waals surface area (Å²) in [5.41, 5.74) is 4.73. The van der Waals surface area contributed by atoms with Crippen LogP contribution in [0.5, 0.6) is 0 Å². The molecule has 0 fully saturated rings. The van der Waals surface area contributed by atoms with Gasteiger partial charge >= 0.3 is 0 Å². The first kappa shape index (κ1) is 13.8. The minimum absolute atomic E-state index is 0.722. The number of hydrogen-bond donors (Lipinski definition) is 1. The molecule has 0 saturated heterocycles. The molecule has 102 valence electrons. The first-order valence-corrected chi connectivity index (χ1v) is 6.50. The molecule has 0 aliphatic heterocycles. The van der Waals surface area contributed by atoms with E-state index in [2.05, 4.69) is 47.8 Å². The van der Waals surface area contributed by atoms with Crippen LogP contribution in [0, 0.1) is 6.92 Å². The number of methoxy groups -OCH3 is 1. The molecule has 0 spiro atoms. The van der Waals surface area contributed by atoms with Crippen molar-refractivity contribution >= 4 is 0 Å². The molecule has 1 aromatic carbocycles. The average molecular weight is 259 g/mol. The molecule has 2 rings (SSSR count). The van der Waals surface area contributed by atoms with Gasteiger partial charge < -0.3 is 10.1 Å². The summed E-state index contributed by atoms with van der Waals surface area (Å²) in [5, 5.41) is 7.95. The molecular formula is C15H21N3O. The van der Waals surface area contributed by atoms with Gasteiger partial charge in [0.05, 0.1) is 12.3 Å². The van der Waals surface area contributed by atoms with Crippen molar-refractivity contribution in [1.82, 2.24) is 15.1 Å². The highest BCUT2D eigenvalue weighted by Crippen LogP contribution is 2.24. The largest absolute Gasteiger partial charge is 0.383 e. The van der Waals surface area contributed by atoms with E-state index in [9.17, 15) is 0 Å². The summed E-state index contributed by atoms with van der Waals surface area (Å²) in [7, 11) is 3.67. The molecule has 0 saturated carbocycles. The monoisotopic (exact) mass is 259 g/mol. The van der Waals surface area contributed by atoms with Crippen LogP contribution in [0.4, 0.5) is 0 Å². The third-order valence-corrected chi connectivity index (χ3v) is 3.10. The Hall–Kier alpha value is -1.65. The van der Waals surface area contributed by atoms with Gasteiger partial charge in [-0.3, -0.25) is 4.68 Å². The zero-order valence-electron chi connectivity index (χ0n) is 11.8. The fourth-order valence-electron chi connectivity index (χ4n) is 2.13. The van der Waals surface area contributed by atoms with Crippen LogP contribution in [-0.4, -0.2) is 30.0 Å². The smallest absolute Gasteiger partial charge is 0.0970 e. The standard InChI is InChI=1S/C15H21N3O/c1-12-6-4-5-7-14(12)15-13(11-18(2)17-15)10-16-8-9-19-3/h4-7,11,16H,8-10H2,1-3H3. The highest BCUT2D eigenvalue weighted by molar-refractivity contribution is 5.66. The molecule has 1 N–H and O–H groups in total. The van der Waals surface area contributed by atoms with Crippen molar-refractivity contribution in [2.24, 2.45) is 7.05 Å². The lowest BCUT2D eigenvalue weighted by atomic mass is 10.0. The Morgan fingerprint density at radius 3 is 2.84 bits per heavy atom. The first-order valence-electron chi connectivity index (χ1n) is 6.50. The van der Waals surface area contributed by atoms with Gasteiger partial charge in [0.25, 0.3) is 0 Å². The minimum Gasteiger partial charge on any atom is -0.383 e. The third-order valence-electron chi connectivity index (χ3n) is 3.10. The Balaban J connectivity index is 2.19. The normalized spacial score (nSPS) is 10.9. The summed E-state index contributed by atoms with van der Waals surface area (Å²) in [6.07, 6.45) is 2.07. The molecule has 0 radical (unpaired) electrons. The second kappa shape index (κ2) is 6.50. The van der Waals surface area contributed by atoms with Gasteiger partial charge in [0.15, 0.2) is 0 Å². The van der Waals surface area contributed by atoms with Crippen molar-refractivity contribution in [3.63, 3.8) is 0 Å². The Morgan fingerprint density at radius 2 is 2.11 bits per heavy atom. The van der Waals surface area contributed by atoms with E-state index in [1.165, 1.54) is 16.7 Å². The molecule has 1 aromatic heterocycles. The van der Waals surface area contributed by atoms with E-state index >= 15 is 0 Å². The average Bonchev–Trinajstić information content (AvgIpc) is 2.76. The Kier molecular flexibility index (Phi) is 4.71. The van der Waals surface area contributed by atoms with Crippen molar-refractivity contribution in [3.8, 4) is 11.3 Å². The van der Waals surface area contributed by atoms with Crippen molar-refractivity contribution in [1.29, 1.82) is 0 Å². The molecule has 0 atom stereocenters. The molecule has 0 bridgehead atoms. The molecule has 1 heterocycles. The number of nitrogens with zero attached hydrogens (tertiary/aromatic N) is 2. The fourth-order valence-corrected chi connectivity index (χ4v) is 2.13. The summed E-state index contributed by atoms with van der Waals surface area (Å²) >= 11 is 0. The van der Waals surface area contributed by atoms with Crippen LogP contribution in [0.15, 0.2) is 30.5 Å².